The van der Waals surface area contributed by atoms with Crippen molar-refractivity contribution in [2.75, 3.05) is 7.11 Å². The molecular weight excluding hydrogens is 397 g/mol. The molecule has 9 heteroatoms. The number of hydrogen-bond acceptors (Lipinski definition) is 4. The predicted molar refractivity (Wildman–Crippen MR) is 98.4 cm³/mol. The van der Waals surface area contributed by atoms with Crippen molar-refractivity contribution in [3.05, 3.63) is 59.0 Å². The van der Waals surface area contributed by atoms with Gasteiger partial charge in [0.15, 0.2) is 0 Å². The average Bonchev–Trinajstić information content (AvgIpc) is 3.05. The van der Waals surface area contributed by atoms with E-state index in [0.717, 1.165) is 10.0 Å². The van der Waals surface area contributed by atoms with Gasteiger partial charge in [-0.3, -0.25) is 4.79 Å². The molecule has 142 valence electrons. The number of methoxy groups -OCH3 is 1. The van der Waals surface area contributed by atoms with Crippen LogP contribution in [0.2, 0.25) is 5.02 Å². The lowest BCUT2D eigenvalue weighted by Gasteiger charge is -2.09. The number of hydrogen-bond donors (Lipinski definition) is 1. The SMILES string of the molecule is COc1ccc(S(=O)(=O)n2cc(CCC(=O)O)c3c(Cl)ccc(F)c32)cc1. The highest BCUT2D eigenvalue weighted by Gasteiger charge is 2.25. The van der Waals surface area contributed by atoms with Gasteiger partial charge in [-0.2, -0.15) is 0 Å². The maximum absolute atomic E-state index is 14.5. The van der Waals surface area contributed by atoms with Gasteiger partial charge in [-0.25, -0.2) is 16.8 Å². The fourth-order valence-corrected chi connectivity index (χ4v) is 4.48. The number of fused-ring (bicyclic) bond motifs is 1. The standard InChI is InChI=1S/C18H15ClFNO5S/c1-26-12-3-5-13(6-4-12)27(24,25)21-10-11(2-9-16(22)23)17-14(19)7-8-15(20)18(17)21/h3-8,10H,2,9H2,1H3,(H,22,23). The van der Waals surface area contributed by atoms with Gasteiger partial charge >= 0.3 is 5.97 Å². The fraction of sp³-hybridized carbons (Fsp3) is 0.167. The topological polar surface area (TPSA) is 85.6 Å². The van der Waals surface area contributed by atoms with Gasteiger partial charge in [0, 0.05) is 18.0 Å². The van der Waals surface area contributed by atoms with E-state index in [-0.39, 0.29) is 33.7 Å². The Hall–Kier alpha value is -2.58. The van der Waals surface area contributed by atoms with Gasteiger partial charge < -0.3 is 9.84 Å². The summed E-state index contributed by atoms with van der Waals surface area (Å²) in [5.74, 6) is -1.35. The van der Waals surface area contributed by atoms with Crippen LogP contribution in [0.5, 0.6) is 5.75 Å². The van der Waals surface area contributed by atoms with Gasteiger partial charge in [-0.15, -0.1) is 0 Å². The van der Waals surface area contributed by atoms with E-state index >= 15 is 0 Å². The average molecular weight is 412 g/mol. The van der Waals surface area contributed by atoms with E-state index in [1.807, 2.05) is 0 Å². The van der Waals surface area contributed by atoms with E-state index in [1.54, 1.807) is 0 Å². The van der Waals surface area contributed by atoms with Crippen molar-refractivity contribution >= 4 is 38.5 Å². The first-order valence-corrected chi connectivity index (χ1v) is 9.67. The first-order valence-electron chi connectivity index (χ1n) is 7.85. The summed E-state index contributed by atoms with van der Waals surface area (Å²) in [4.78, 5) is 10.8. The zero-order chi connectivity index (χ0) is 19.8. The molecule has 0 aliphatic rings. The van der Waals surface area contributed by atoms with E-state index in [0.29, 0.717) is 11.3 Å². The molecule has 0 aliphatic carbocycles. The minimum Gasteiger partial charge on any atom is -0.497 e. The van der Waals surface area contributed by atoms with Gasteiger partial charge in [0.05, 0.1) is 17.0 Å². The van der Waals surface area contributed by atoms with Crippen LogP contribution in [0, 0.1) is 5.82 Å². The fourth-order valence-electron chi connectivity index (χ4n) is 2.81. The van der Waals surface area contributed by atoms with E-state index in [4.69, 9.17) is 21.4 Å². The Labute approximate surface area is 159 Å². The third-order valence-electron chi connectivity index (χ3n) is 4.12. The molecule has 1 N–H and O–H groups in total. The Balaban J connectivity index is 2.23. The lowest BCUT2D eigenvalue weighted by atomic mass is 10.1. The molecule has 27 heavy (non-hydrogen) atoms. The number of carboxylic acids is 1. The van der Waals surface area contributed by atoms with Crippen LogP contribution in [0.25, 0.3) is 10.9 Å². The van der Waals surface area contributed by atoms with Crippen molar-refractivity contribution in [2.45, 2.75) is 17.7 Å². The molecule has 6 nitrogen and oxygen atoms in total. The second-order valence-electron chi connectivity index (χ2n) is 5.78. The summed E-state index contributed by atoms with van der Waals surface area (Å²) in [7, 11) is -2.68. The first-order chi connectivity index (χ1) is 12.8. The third kappa shape index (κ3) is 3.50. The Morgan fingerprint density at radius 1 is 1.22 bits per heavy atom. The van der Waals surface area contributed by atoms with Crippen molar-refractivity contribution < 1.29 is 27.4 Å². The molecule has 0 saturated heterocycles. The second-order valence-corrected chi connectivity index (χ2v) is 8.00. The van der Waals surface area contributed by atoms with Crippen molar-refractivity contribution in [3.8, 4) is 5.75 Å². The summed E-state index contributed by atoms with van der Waals surface area (Å²) >= 11 is 6.16. The third-order valence-corrected chi connectivity index (χ3v) is 6.11. The van der Waals surface area contributed by atoms with E-state index < -0.39 is 21.8 Å². The van der Waals surface area contributed by atoms with Gasteiger partial charge in [-0.05, 0) is 48.4 Å². The zero-order valence-electron chi connectivity index (χ0n) is 14.1. The summed E-state index contributed by atoms with van der Waals surface area (Å²) in [6, 6.07) is 8.04. The highest BCUT2D eigenvalue weighted by molar-refractivity contribution is 7.90. The van der Waals surface area contributed by atoms with E-state index in [1.165, 1.54) is 43.6 Å². The number of benzene rings is 2. The Morgan fingerprint density at radius 2 is 1.89 bits per heavy atom. The second kappa shape index (κ2) is 7.21. The number of nitrogens with zero attached hydrogens (tertiary/aromatic N) is 1. The minimum absolute atomic E-state index is 0.0140. The van der Waals surface area contributed by atoms with Crippen molar-refractivity contribution in [1.82, 2.24) is 3.97 Å². The monoisotopic (exact) mass is 411 g/mol. The number of aromatic nitrogens is 1. The summed E-state index contributed by atoms with van der Waals surface area (Å²) in [6.07, 6.45) is 0.997. The van der Waals surface area contributed by atoms with Crippen LogP contribution in [-0.4, -0.2) is 30.6 Å². The summed E-state index contributed by atoms with van der Waals surface area (Å²) in [6.45, 7) is 0. The van der Waals surface area contributed by atoms with E-state index in [2.05, 4.69) is 0 Å². The number of ether oxygens (including phenoxy) is 1. The molecule has 0 radical (unpaired) electrons. The molecule has 1 heterocycles. The first kappa shape index (κ1) is 19.2. The van der Waals surface area contributed by atoms with Gasteiger partial charge in [0.2, 0.25) is 0 Å². The molecule has 0 bridgehead atoms. The summed E-state index contributed by atoms with van der Waals surface area (Å²) in [5.41, 5.74) is 0.132. The minimum atomic E-state index is -4.13. The molecule has 0 spiro atoms. The molecule has 0 unspecified atom stereocenters. The van der Waals surface area contributed by atoms with Gasteiger partial charge in [-0.1, -0.05) is 11.6 Å². The maximum atomic E-state index is 14.5. The Kier molecular flexibility index (Phi) is 5.12. The van der Waals surface area contributed by atoms with E-state index in [9.17, 15) is 17.6 Å². The van der Waals surface area contributed by atoms with Crippen LogP contribution in [0.3, 0.4) is 0 Å². The largest absolute Gasteiger partial charge is 0.497 e. The lowest BCUT2D eigenvalue weighted by molar-refractivity contribution is -0.136. The normalized spacial score (nSPS) is 11.7. The molecular formula is C18H15ClFNO5S. The highest BCUT2D eigenvalue weighted by atomic mass is 35.5. The number of aryl methyl sites for hydroxylation is 1. The molecule has 0 fully saturated rings. The van der Waals surface area contributed by atoms with Crippen molar-refractivity contribution in [3.63, 3.8) is 0 Å². The molecule has 0 aliphatic heterocycles. The molecule has 2 aromatic carbocycles. The lowest BCUT2D eigenvalue weighted by Crippen LogP contribution is -2.12. The van der Waals surface area contributed by atoms with Crippen molar-refractivity contribution in [2.24, 2.45) is 0 Å². The van der Waals surface area contributed by atoms with Gasteiger partial charge in [0.25, 0.3) is 10.0 Å². The highest BCUT2D eigenvalue weighted by Crippen LogP contribution is 2.34. The number of aliphatic carboxylic acids is 1. The summed E-state index contributed by atoms with van der Waals surface area (Å²) < 4.78 is 46.5. The number of carboxylic acid groups (broad SMARTS) is 1. The Bertz CT molecular complexity index is 1120. The van der Waals surface area contributed by atoms with Crippen molar-refractivity contribution in [1.29, 1.82) is 0 Å². The smallest absolute Gasteiger partial charge is 0.303 e. The number of rotatable bonds is 6. The quantitative estimate of drug-likeness (QED) is 0.668. The number of halogens is 2. The molecule has 0 amide bonds. The molecule has 0 atom stereocenters. The molecule has 0 saturated carbocycles. The number of carbonyl (C=O) groups is 1. The predicted octanol–water partition coefficient (Wildman–Crippen LogP) is 3.70. The molecule has 1 aromatic heterocycles. The van der Waals surface area contributed by atoms with Crippen LogP contribution in [0.15, 0.2) is 47.5 Å². The molecule has 3 rings (SSSR count). The molecule has 3 aromatic rings. The van der Waals surface area contributed by atoms with Crippen LogP contribution >= 0.6 is 11.6 Å². The van der Waals surface area contributed by atoms with Gasteiger partial charge in [0.1, 0.15) is 17.1 Å². The van der Waals surface area contributed by atoms with Crippen LogP contribution in [0.1, 0.15) is 12.0 Å². The van der Waals surface area contributed by atoms with Crippen LogP contribution < -0.4 is 4.74 Å². The maximum Gasteiger partial charge on any atom is 0.303 e. The van der Waals surface area contributed by atoms with Crippen LogP contribution in [0.4, 0.5) is 4.39 Å². The van der Waals surface area contributed by atoms with Crippen LogP contribution in [-0.2, 0) is 21.2 Å². The summed E-state index contributed by atoms with van der Waals surface area (Å²) in [5, 5.41) is 9.26. The zero-order valence-corrected chi connectivity index (χ0v) is 15.7. The Morgan fingerprint density at radius 3 is 2.48 bits per heavy atom.